The van der Waals surface area contributed by atoms with Gasteiger partial charge in [0, 0.05) is 11.8 Å². The first-order valence-corrected chi connectivity index (χ1v) is 6.49. The normalized spacial score (nSPS) is 42.6. The van der Waals surface area contributed by atoms with E-state index in [2.05, 4.69) is 40.7 Å². The molecule has 1 nitrogen and oxygen atoms in total. The fraction of sp³-hybridized carbons (Fsp3) is 0.800. The van der Waals surface area contributed by atoms with Gasteiger partial charge in [0.1, 0.15) is 5.78 Å². The van der Waals surface area contributed by atoms with Gasteiger partial charge in [-0.3, -0.25) is 4.79 Å². The van der Waals surface area contributed by atoms with Gasteiger partial charge in [-0.05, 0) is 37.0 Å². The monoisotopic (exact) mass is 220 g/mol. The van der Waals surface area contributed by atoms with Crippen LogP contribution in [0.5, 0.6) is 0 Å². The Bertz CT molecular complexity index is 350. The van der Waals surface area contributed by atoms with Gasteiger partial charge in [-0.25, -0.2) is 0 Å². The van der Waals surface area contributed by atoms with Crippen molar-refractivity contribution in [2.45, 2.75) is 53.9 Å². The minimum Gasteiger partial charge on any atom is -0.299 e. The fourth-order valence-electron chi connectivity index (χ4n) is 3.93. The van der Waals surface area contributed by atoms with Crippen LogP contribution in [-0.2, 0) is 4.79 Å². The Labute approximate surface area is 99.3 Å². The number of ketones is 1. The molecule has 16 heavy (non-hydrogen) atoms. The first kappa shape index (κ1) is 11.9. The summed E-state index contributed by atoms with van der Waals surface area (Å²) in [5.41, 5.74) is 1.67. The molecule has 1 fully saturated rings. The molecule has 0 aromatic carbocycles. The van der Waals surface area contributed by atoms with Gasteiger partial charge in [0.15, 0.2) is 0 Å². The van der Waals surface area contributed by atoms with Gasteiger partial charge >= 0.3 is 0 Å². The van der Waals surface area contributed by atoms with Crippen LogP contribution in [0.3, 0.4) is 0 Å². The molecule has 3 atom stereocenters. The molecule has 2 rings (SSSR count). The Kier molecular flexibility index (Phi) is 2.56. The van der Waals surface area contributed by atoms with Crippen molar-refractivity contribution in [1.82, 2.24) is 0 Å². The average Bonchev–Trinajstić information content (AvgIpc) is 2.18. The third-order valence-electron chi connectivity index (χ3n) is 5.27. The van der Waals surface area contributed by atoms with Crippen molar-refractivity contribution < 1.29 is 4.79 Å². The Balaban J connectivity index is 2.48. The van der Waals surface area contributed by atoms with E-state index in [1.54, 1.807) is 0 Å². The number of rotatable bonds is 0. The van der Waals surface area contributed by atoms with Gasteiger partial charge in [-0.15, -0.1) is 0 Å². The summed E-state index contributed by atoms with van der Waals surface area (Å²) in [5.74, 6) is 1.42. The second-order valence-corrected chi connectivity index (χ2v) is 6.75. The maximum atomic E-state index is 12.3. The first-order valence-electron chi connectivity index (χ1n) is 6.49. The Hall–Kier alpha value is -0.590. The highest BCUT2D eigenvalue weighted by Gasteiger charge is 2.54. The van der Waals surface area contributed by atoms with Gasteiger partial charge in [0.2, 0.25) is 0 Å². The number of fused-ring (bicyclic) bond motifs is 1. The van der Waals surface area contributed by atoms with Crippen LogP contribution < -0.4 is 0 Å². The zero-order valence-electron chi connectivity index (χ0n) is 11.3. The standard InChI is InChI=1S/C15H24O/c1-10-8-11(2)15(5)12(9-10)14(3,4)7-6-13(15)16/h8,11-12H,6-7,9H2,1-5H3/t11-,12+,15+/m0/s1. The lowest BCUT2D eigenvalue weighted by Crippen LogP contribution is -2.52. The molecule has 0 bridgehead atoms. The highest BCUT2D eigenvalue weighted by Crippen LogP contribution is 2.57. The van der Waals surface area contributed by atoms with E-state index in [1.807, 2.05) is 0 Å². The lowest BCUT2D eigenvalue weighted by atomic mass is 9.49. The molecule has 0 N–H and O–H groups in total. The van der Waals surface area contributed by atoms with Crippen LogP contribution in [0.25, 0.3) is 0 Å². The zero-order chi connectivity index (χ0) is 12.1. The van der Waals surface area contributed by atoms with Crippen LogP contribution in [0.1, 0.15) is 53.9 Å². The summed E-state index contributed by atoms with van der Waals surface area (Å²) in [6.45, 7) is 11.3. The number of Topliss-reactive ketones (excluding diaryl/α,β-unsaturated/α-hetero) is 1. The summed E-state index contributed by atoms with van der Waals surface area (Å²) >= 11 is 0. The van der Waals surface area contributed by atoms with Crippen molar-refractivity contribution in [1.29, 1.82) is 0 Å². The highest BCUT2D eigenvalue weighted by molar-refractivity contribution is 5.86. The number of carbonyl (C=O) groups excluding carboxylic acids is 1. The number of allylic oxidation sites excluding steroid dienone is 2. The summed E-state index contributed by atoms with van der Waals surface area (Å²) in [4.78, 5) is 12.3. The zero-order valence-corrected chi connectivity index (χ0v) is 11.3. The summed E-state index contributed by atoms with van der Waals surface area (Å²) < 4.78 is 0. The molecule has 0 aromatic heterocycles. The average molecular weight is 220 g/mol. The molecular weight excluding hydrogens is 196 g/mol. The molecule has 0 saturated heterocycles. The van der Waals surface area contributed by atoms with Gasteiger partial charge in [-0.2, -0.15) is 0 Å². The Morgan fingerprint density at radius 1 is 1.31 bits per heavy atom. The van der Waals surface area contributed by atoms with Crippen molar-refractivity contribution in [3.63, 3.8) is 0 Å². The largest absolute Gasteiger partial charge is 0.299 e. The van der Waals surface area contributed by atoms with Gasteiger partial charge in [0.25, 0.3) is 0 Å². The molecular formula is C15H24O. The molecule has 0 unspecified atom stereocenters. The van der Waals surface area contributed by atoms with Gasteiger partial charge in [0.05, 0.1) is 0 Å². The van der Waals surface area contributed by atoms with E-state index in [-0.39, 0.29) is 5.41 Å². The molecule has 0 amide bonds. The molecule has 0 aliphatic heterocycles. The first-order chi connectivity index (χ1) is 7.28. The van der Waals surface area contributed by atoms with E-state index in [0.717, 1.165) is 19.3 Å². The van der Waals surface area contributed by atoms with Crippen LogP contribution in [0.15, 0.2) is 11.6 Å². The molecule has 1 heteroatoms. The lowest BCUT2D eigenvalue weighted by molar-refractivity contribution is -0.145. The molecule has 0 spiro atoms. The summed E-state index contributed by atoms with van der Waals surface area (Å²) in [5, 5.41) is 0. The van der Waals surface area contributed by atoms with Crippen molar-refractivity contribution in [2.24, 2.45) is 22.7 Å². The van der Waals surface area contributed by atoms with Crippen LogP contribution >= 0.6 is 0 Å². The number of hydrogen-bond acceptors (Lipinski definition) is 1. The molecule has 2 aliphatic rings. The Morgan fingerprint density at radius 2 is 1.94 bits per heavy atom. The summed E-state index contributed by atoms with van der Waals surface area (Å²) in [7, 11) is 0. The van der Waals surface area contributed by atoms with E-state index in [0.29, 0.717) is 23.0 Å². The molecule has 0 aromatic rings. The van der Waals surface area contributed by atoms with E-state index in [9.17, 15) is 4.79 Å². The van der Waals surface area contributed by atoms with E-state index >= 15 is 0 Å². The van der Waals surface area contributed by atoms with E-state index < -0.39 is 0 Å². The van der Waals surface area contributed by atoms with Gasteiger partial charge in [-0.1, -0.05) is 39.3 Å². The predicted octanol–water partition coefficient (Wildman–Crippen LogP) is 3.98. The van der Waals surface area contributed by atoms with Crippen LogP contribution in [0.4, 0.5) is 0 Å². The van der Waals surface area contributed by atoms with Crippen LogP contribution in [0.2, 0.25) is 0 Å². The SMILES string of the molecule is CC1=C[C@H](C)[C@@]2(C)C(=O)CCC(C)(C)[C@H]2C1. The highest BCUT2D eigenvalue weighted by atomic mass is 16.1. The van der Waals surface area contributed by atoms with Crippen molar-refractivity contribution in [3.05, 3.63) is 11.6 Å². The molecule has 2 aliphatic carbocycles. The van der Waals surface area contributed by atoms with Gasteiger partial charge < -0.3 is 0 Å². The topological polar surface area (TPSA) is 17.1 Å². The van der Waals surface area contributed by atoms with Crippen molar-refractivity contribution >= 4 is 5.78 Å². The minimum atomic E-state index is -0.110. The van der Waals surface area contributed by atoms with Crippen LogP contribution in [-0.4, -0.2) is 5.78 Å². The second-order valence-electron chi connectivity index (χ2n) is 6.75. The maximum absolute atomic E-state index is 12.3. The second kappa shape index (κ2) is 3.45. The molecule has 0 radical (unpaired) electrons. The summed E-state index contributed by atoms with van der Waals surface area (Å²) in [6, 6.07) is 0. The maximum Gasteiger partial charge on any atom is 0.139 e. The third-order valence-corrected chi connectivity index (χ3v) is 5.27. The fourth-order valence-corrected chi connectivity index (χ4v) is 3.93. The number of carbonyl (C=O) groups is 1. The van der Waals surface area contributed by atoms with Crippen molar-refractivity contribution in [3.8, 4) is 0 Å². The third kappa shape index (κ3) is 1.48. The molecule has 90 valence electrons. The smallest absolute Gasteiger partial charge is 0.139 e. The van der Waals surface area contributed by atoms with E-state index in [1.165, 1.54) is 5.57 Å². The van der Waals surface area contributed by atoms with Crippen LogP contribution in [0, 0.1) is 22.7 Å². The predicted molar refractivity (Wildman–Crippen MR) is 67.2 cm³/mol. The molecule has 1 saturated carbocycles. The number of hydrogen-bond donors (Lipinski definition) is 0. The minimum absolute atomic E-state index is 0.110. The van der Waals surface area contributed by atoms with Crippen molar-refractivity contribution in [2.75, 3.05) is 0 Å². The van der Waals surface area contributed by atoms with E-state index in [4.69, 9.17) is 0 Å². The quantitative estimate of drug-likeness (QED) is 0.564. The summed E-state index contributed by atoms with van der Waals surface area (Å²) in [6.07, 6.45) is 5.26. The Morgan fingerprint density at radius 3 is 2.56 bits per heavy atom. The lowest BCUT2D eigenvalue weighted by Gasteiger charge is -2.54. The molecule has 0 heterocycles.